The van der Waals surface area contributed by atoms with E-state index in [0.29, 0.717) is 25.8 Å². The zero-order valence-electron chi connectivity index (χ0n) is 14.5. The molecule has 1 heterocycles. The second-order valence-electron chi connectivity index (χ2n) is 6.45. The molecule has 0 aliphatic carbocycles. The number of carbonyl (C=O) groups excluding carboxylic acids is 2. The molecule has 1 aromatic rings. The highest BCUT2D eigenvalue weighted by molar-refractivity contribution is 5.95. The fourth-order valence-corrected chi connectivity index (χ4v) is 3.01. The maximum atomic E-state index is 12.3. The molecule has 0 aromatic heterocycles. The molecule has 0 spiro atoms. The van der Waals surface area contributed by atoms with Gasteiger partial charge in [-0.15, -0.1) is 12.4 Å². The van der Waals surface area contributed by atoms with Crippen molar-refractivity contribution in [1.29, 1.82) is 0 Å². The number of carbonyl (C=O) groups is 2. The van der Waals surface area contributed by atoms with Crippen LogP contribution in [0.2, 0.25) is 0 Å². The Labute approximate surface area is 150 Å². The lowest BCUT2D eigenvalue weighted by Gasteiger charge is -2.23. The van der Waals surface area contributed by atoms with Crippen LogP contribution in [0, 0.1) is 0 Å². The molecular formula is C18H28ClN3O2. The van der Waals surface area contributed by atoms with Gasteiger partial charge in [-0.2, -0.15) is 0 Å². The van der Waals surface area contributed by atoms with Crippen LogP contribution in [0.1, 0.15) is 45.1 Å². The van der Waals surface area contributed by atoms with Crippen molar-refractivity contribution in [3.63, 3.8) is 0 Å². The first-order chi connectivity index (χ1) is 11.0. The Hall–Kier alpha value is -1.59. The number of nitrogens with two attached hydrogens (primary N) is 1. The molecule has 0 saturated heterocycles. The molecule has 5 nitrogen and oxygen atoms in total. The third kappa shape index (κ3) is 4.95. The standard InChI is InChI=1S/C18H27N3O2.ClH/c1-3-11-18(2,19)17(23)20-12-6-9-16(22)21-13-10-14-7-4-5-8-15(14)21;/h4-5,7-8H,3,6,9-13,19H2,1-2H3,(H,20,23);1H. The Kier molecular flexibility index (Phi) is 7.70. The first-order valence-corrected chi connectivity index (χ1v) is 8.41. The van der Waals surface area contributed by atoms with Gasteiger partial charge in [0.1, 0.15) is 0 Å². The predicted molar refractivity (Wildman–Crippen MR) is 99.5 cm³/mol. The van der Waals surface area contributed by atoms with Crippen molar-refractivity contribution in [3.05, 3.63) is 29.8 Å². The summed E-state index contributed by atoms with van der Waals surface area (Å²) in [6.07, 6.45) is 3.51. The number of halogens is 1. The quantitative estimate of drug-likeness (QED) is 0.739. The molecule has 1 aromatic carbocycles. The van der Waals surface area contributed by atoms with Crippen LogP contribution in [0.4, 0.5) is 5.69 Å². The van der Waals surface area contributed by atoms with E-state index in [1.807, 2.05) is 30.0 Å². The highest BCUT2D eigenvalue weighted by Gasteiger charge is 2.27. The number of rotatable bonds is 7. The molecule has 1 atom stereocenters. The van der Waals surface area contributed by atoms with Crippen molar-refractivity contribution in [3.8, 4) is 0 Å². The molecular weight excluding hydrogens is 326 g/mol. The first-order valence-electron chi connectivity index (χ1n) is 8.41. The van der Waals surface area contributed by atoms with Gasteiger partial charge in [-0.3, -0.25) is 9.59 Å². The summed E-state index contributed by atoms with van der Waals surface area (Å²) in [5, 5.41) is 2.84. The number of fused-ring (bicyclic) bond motifs is 1. The number of benzene rings is 1. The van der Waals surface area contributed by atoms with Crippen molar-refractivity contribution >= 4 is 29.9 Å². The van der Waals surface area contributed by atoms with E-state index in [-0.39, 0.29) is 24.2 Å². The Bertz CT molecular complexity index is 575. The summed E-state index contributed by atoms with van der Waals surface area (Å²) in [7, 11) is 0. The smallest absolute Gasteiger partial charge is 0.239 e. The lowest BCUT2D eigenvalue weighted by molar-refractivity contribution is -0.126. The average molecular weight is 354 g/mol. The van der Waals surface area contributed by atoms with E-state index in [2.05, 4.69) is 11.4 Å². The van der Waals surface area contributed by atoms with Gasteiger partial charge in [0, 0.05) is 25.2 Å². The van der Waals surface area contributed by atoms with E-state index in [1.54, 1.807) is 6.92 Å². The molecule has 0 fully saturated rings. The molecule has 2 rings (SSSR count). The minimum Gasteiger partial charge on any atom is -0.354 e. The number of hydrogen-bond donors (Lipinski definition) is 2. The Morgan fingerprint density at radius 2 is 2.04 bits per heavy atom. The van der Waals surface area contributed by atoms with E-state index >= 15 is 0 Å². The summed E-state index contributed by atoms with van der Waals surface area (Å²) in [5.74, 6) is -0.0217. The van der Waals surface area contributed by atoms with E-state index in [1.165, 1.54) is 5.56 Å². The van der Waals surface area contributed by atoms with Crippen molar-refractivity contribution < 1.29 is 9.59 Å². The van der Waals surface area contributed by atoms with Gasteiger partial charge in [0.25, 0.3) is 0 Å². The number of anilines is 1. The predicted octanol–water partition coefficient (Wildman–Crippen LogP) is 2.41. The van der Waals surface area contributed by atoms with Gasteiger partial charge >= 0.3 is 0 Å². The number of nitrogens with one attached hydrogen (secondary N) is 1. The lowest BCUT2D eigenvalue weighted by Crippen LogP contribution is -2.51. The number of hydrogen-bond acceptors (Lipinski definition) is 3. The zero-order chi connectivity index (χ0) is 16.9. The van der Waals surface area contributed by atoms with Crippen LogP contribution < -0.4 is 16.0 Å². The number of nitrogens with zero attached hydrogens (tertiary/aromatic N) is 1. The minimum atomic E-state index is -0.827. The Morgan fingerprint density at radius 3 is 2.75 bits per heavy atom. The van der Waals surface area contributed by atoms with Gasteiger partial charge in [-0.1, -0.05) is 31.5 Å². The van der Waals surface area contributed by atoms with E-state index in [0.717, 1.165) is 25.1 Å². The van der Waals surface area contributed by atoms with Crippen LogP contribution in [0.3, 0.4) is 0 Å². The second kappa shape index (κ2) is 9.04. The first kappa shape index (κ1) is 20.5. The lowest BCUT2D eigenvalue weighted by atomic mass is 9.96. The van der Waals surface area contributed by atoms with Crippen LogP contribution in [-0.2, 0) is 16.0 Å². The van der Waals surface area contributed by atoms with Gasteiger partial charge in [-0.05, 0) is 37.8 Å². The summed E-state index contributed by atoms with van der Waals surface area (Å²) in [4.78, 5) is 26.2. The maximum Gasteiger partial charge on any atom is 0.239 e. The third-order valence-electron chi connectivity index (χ3n) is 4.33. The fraction of sp³-hybridized carbons (Fsp3) is 0.556. The molecule has 3 N–H and O–H groups in total. The summed E-state index contributed by atoms with van der Waals surface area (Å²) in [5.41, 5.74) is 7.41. The average Bonchev–Trinajstić information content (AvgIpc) is 2.95. The highest BCUT2D eigenvalue weighted by atomic mass is 35.5. The molecule has 1 aliphatic rings. The number of para-hydroxylation sites is 1. The minimum absolute atomic E-state index is 0. The molecule has 134 valence electrons. The molecule has 0 saturated carbocycles. The van der Waals surface area contributed by atoms with Crippen molar-refractivity contribution in [1.82, 2.24) is 5.32 Å². The molecule has 0 radical (unpaired) electrons. The van der Waals surface area contributed by atoms with Gasteiger partial charge in [-0.25, -0.2) is 0 Å². The van der Waals surface area contributed by atoms with E-state index < -0.39 is 5.54 Å². The Balaban J connectivity index is 0.00000288. The van der Waals surface area contributed by atoms with Crippen LogP contribution in [0.5, 0.6) is 0 Å². The monoisotopic (exact) mass is 353 g/mol. The van der Waals surface area contributed by atoms with E-state index in [9.17, 15) is 9.59 Å². The number of amides is 2. The van der Waals surface area contributed by atoms with Crippen LogP contribution >= 0.6 is 12.4 Å². The SMILES string of the molecule is CCCC(C)(N)C(=O)NCCCC(=O)N1CCc2ccccc21.Cl. The molecule has 24 heavy (non-hydrogen) atoms. The molecule has 1 unspecified atom stereocenters. The normalized spacial score (nSPS) is 15.2. The Morgan fingerprint density at radius 1 is 1.33 bits per heavy atom. The third-order valence-corrected chi connectivity index (χ3v) is 4.33. The summed E-state index contributed by atoms with van der Waals surface area (Å²) in [6.45, 7) is 4.99. The second-order valence-corrected chi connectivity index (χ2v) is 6.45. The molecule has 0 bridgehead atoms. The molecule has 1 aliphatic heterocycles. The fourth-order valence-electron chi connectivity index (χ4n) is 3.01. The molecule has 2 amide bonds. The van der Waals surface area contributed by atoms with Gasteiger partial charge in [0.05, 0.1) is 5.54 Å². The van der Waals surface area contributed by atoms with Crippen LogP contribution in [0.15, 0.2) is 24.3 Å². The molecule has 6 heteroatoms. The van der Waals surface area contributed by atoms with Crippen molar-refractivity contribution in [2.24, 2.45) is 5.73 Å². The van der Waals surface area contributed by atoms with Crippen molar-refractivity contribution in [2.45, 2.75) is 51.5 Å². The highest BCUT2D eigenvalue weighted by Crippen LogP contribution is 2.27. The summed E-state index contributed by atoms with van der Waals surface area (Å²) in [6, 6.07) is 8.02. The summed E-state index contributed by atoms with van der Waals surface area (Å²) >= 11 is 0. The van der Waals surface area contributed by atoms with Crippen LogP contribution in [0.25, 0.3) is 0 Å². The maximum absolute atomic E-state index is 12.3. The van der Waals surface area contributed by atoms with Gasteiger partial charge in [0.15, 0.2) is 0 Å². The van der Waals surface area contributed by atoms with E-state index in [4.69, 9.17) is 5.73 Å². The van der Waals surface area contributed by atoms with Gasteiger partial charge in [0.2, 0.25) is 11.8 Å². The zero-order valence-corrected chi connectivity index (χ0v) is 15.3. The van der Waals surface area contributed by atoms with Crippen LogP contribution in [-0.4, -0.2) is 30.4 Å². The van der Waals surface area contributed by atoms with Gasteiger partial charge < -0.3 is 16.0 Å². The largest absolute Gasteiger partial charge is 0.354 e. The topological polar surface area (TPSA) is 75.4 Å². The summed E-state index contributed by atoms with van der Waals surface area (Å²) < 4.78 is 0. The van der Waals surface area contributed by atoms with Crippen molar-refractivity contribution in [2.75, 3.05) is 18.0 Å².